The highest BCUT2D eigenvalue weighted by molar-refractivity contribution is 7.71. The third kappa shape index (κ3) is 3.37. The van der Waals surface area contributed by atoms with Crippen molar-refractivity contribution in [3.8, 4) is 5.69 Å². The predicted molar refractivity (Wildman–Crippen MR) is 104 cm³/mol. The van der Waals surface area contributed by atoms with Crippen LogP contribution in [0.4, 0.5) is 4.39 Å². The molecule has 0 atom stereocenters. The number of benzene rings is 3. The minimum atomic E-state index is -0.334. The maximum absolute atomic E-state index is 13.2. The van der Waals surface area contributed by atoms with E-state index in [2.05, 4.69) is 15.5 Å². The molecule has 0 unspecified atom stereocenters. The summed E-state index contributed by atoms with van der Waals surface area (Å²) in [6, 6.07) is 19.2. The van der Waals surface area contributed by atoms with Crippen molar-refractivity contribution in [1.29, 1.82) is 0 Å². The molecule has 2 N–H and O–H groups in total. The largest absolute Gasteiger partial charge is 0.345 e. The first kappa shape index (κ1) is 17.1. The molecule has 0 fully saturated rings. The summed E-state index contributed by atoms with van der Waals surface area (Å²) in [7, 11) is 0. The Balaban J connectivity index is 1.60. The Morgan fingerprint density at radius 3 is 2.63 bits per heavy atom. The molecule has 4 aromatic rings. The summed E-state index contributed by atoms with van der Waals surface area (Å²) in [6.07, 6.45) is 0. The number of carbonyl (C=O) groups is 1. The number of aromatic amines is 1. The summed E-state index contributed by atoms with van der Waals surface area (Å²) < 4.78 is 15.2. The second-order valence-electron chi connectivity index (χ2n) is 5.97. The molecule has 0 aliphatic carbocycles. The van der Waals surface area contributed by atoms with Crippen LogP contribution in [0.2, 0.25) is 0 Å². The van der Waals surface area contributed by atoms with Gasteiger partial charge in [0, 0.05) is 11.3 Å². The van der Waals surface area contributed by atoms with E-state index in [0.717, 1.165) is 10.8 Å². The molecule has 27 heavy (non-hydrogen) atoms. The molecule has 134 valence electrons. The lowest BCUT2D eigenvalue weighted by Gasteiger charge is -2.10. The fourth-order valence-corrected chi connectivity index (χ4v) is 3.24. The van der Waals surface area contributed by atoms with E-state index in [1.165, 1.54) is 12.1 Å². The van der Waals surface area contributed by atoms with Gasteiger partial charge >= 0.3 is 0 Å². The molecule has 0 saturated carbocycles. The zero-order chi connectivity index (χ0) is 18.8. The van der Waals surface area contributed by atoms with Gasteiger partial charge in [0.1, 0.15) is 5.82 Å². The third-order valence-electron chi connectivity index (χ3n) is 4.27. The Labute approximate surface area is 159 Å². The number of fused-ring (bicyclic) bond motifs is 1. The van der Waals surface area contributed by atoms with E-state index < -0.39 is 0 Å². The van der Waals surface area contributed by atoms with Crippen molar-refractivity contribution in [2.45, 2.75) is 6.54 Å². The van der Waals surface area contributed by atoms with Gasteiger partial charge in [-0.2, -0.15) is 5.10 Å². The molecule has 7 heteroatoms. The molecule has 4 rings (SSSR count). The van der Waals surface area contributed by atoms with E-state index in [0.29, 0.717) is 21.8 Å². The van der Waals surface area contributed by atoms with Crippen molar-refractivity contribution in [2.75, 3.05) is 0 Å². The van der Waals surface area contributed by atoms with Crippen LogP contribution >= 0.6 is 12.2 Å². The van der Waals surface area contributed by atoms with Crippen LogP contribution in [0, 0.1) is 10.6 Å². The van der Waals surface area contributed by atoms with Gasteiger partial charge in [-0.15, -0.1) is 0 Å². The molecular formula is C20H15FN4OS. The molecular weight excluding hydrogens is 363 g/mol. The second kappa shape index (κ2) is 7.13. The molecule has 3 aromatic carbocycles. The summed E-state index contributed by atoms with van der Waals surface area (Å²) in [5.74, 6) is -0.00820. The van der Waals surface area contributed by atoms with Crippen molar-refractivity contribution >= 4 is 28.9 Å². The minimum Gasteiger partial charge on any atom is -0.345 e. The number of H-pyrrole nitrogens is 1. The van der Waals surface area contributed by atoms with Crippen molar-refractivity contribution in [2.24, 2.45) is 0 Å². The molecule has 5 nitrogen and oxygen atoms in total. The minimum absolute atomic E-state index is 0.173. The highest BCUT2D eigenvalue weighted by Crippen LogP contribution is 2.18. The molecule has 1 heterocycles. The van der Waals surface area contributed by atoms with E-state index in [1.807, 2.05) is 36.4 Å². The fourth-order valence-electron chi connectivity index (χ4n) is 2.98. The molecule has 1 amide bonds. The quantitative estimate of drug-likeness (QED) is 0.525. The van der Waals surface area contributed by atoms with E-state index >= 15 is 0 Å². The maximum Gasteiger partial charge on any atom is 0.252 e. The number of rotatable bonds is 4. The normalized spacial score (nSPS) is 10.9. The number of halogens is 1. The molecule has 1 aromatic heterocycles. The lowest BCUT2D eigenvalue weighted by Crippen LogP contribution is -2.24. The van der Waals surface area contributed by atoms with Crippen molar-refractivity contribution in [3.05, 3.63) is 88.7 Å². The fraction of sp³-hybridized carbons (Fsp3) is 0.0500. The molecule has 0 radical (unpaired) electrons. The van der Waals surface area contributed by atoms with Crippen LogP contribution in [0.5, 0.6) is 0 Å². The average molecular weight is 378 g/mol. The topological polar surface area (TPSA) is 62.7 Å². The van der Waals surface area contributed by atoms with Crippen molar-refractivity contribution < 1.29 is 9.18 Å². The van der Waals surface area contributed by atoms with Gasteiger partial charge in [0.05, 0.1) is 6.54 Å². The highest BCUT2D eigenvalue weighted by Gasteiger charge is 2.13. The Morgan fingerprint density at radius 1 is 1.07 bits per heavy atom. The van der Waals surface area contributed by atoms with Gasteiger partial charge in [0.2, 0.25) is 0 Å². The van der Waals surface area contributed by atoms with Crippen LogP contribution in [-0.4, -0.2) is 20.7 Å². The molecule has 0 saturated heterocycles. The lowest BCUT2D eigenvalue weighted by atomic mass is 10.0. The Bertz CT molecular complexity index is 1180. The lowest BCUT2D eigenvalue weighted by molar-refractivity contribution is 0.0951. The number of hydrogen-bond donors (Lipinski definition) is 2. The molecule has 0 spiro atoms. The molecule has 0 aliphatic rings. The van der Waals surface area contributed by atoms with Crippen LogP contribution in [-0.2, 0) is 6.54 Å². The van der Waals surface area contributed by atoms with Gasteiger partial charge in [-0.05, 0) is 53.3 Å². The number of nitrogens with one attached hydrogen (secondary N) is 2. The van der Waals surface area contributed by atoms with Crippen LogP contribution in [0.15, 0.2) is 66.7 Å². The average Bonchev–Trinajstić information content (AvgIpc) is 3.07. The summed E-state index contributed by atoms with van der Waals surface area (Å²) in [6.45, 7) is 0.173. The van der Waals surface area contributed by atoms with E-state index in [1.54, 1.807) is 22.8 Å². The summed E-state index contributed by atoms with van der Waals surface area (Å²) >= 11 is 5.26. The number of aromatic nitrogens is 3. The third-order valence-corrected chi connectivity index (χ3v) is 4.54. The summed E-state index contributed by atoms with van der Waals surface area (Å²) in [4.78, 5) is 12.7. The molecule has 0 bridgehead atoms. The maximum atomic E-state index is 13.2. The Morgan fingerprint density at radius 2 is 1.81 bits per heavy atom. The number of hydrogen-bond acceptors (Lipinski definition) is 3. The smallest absolute Gasteiger partial charge is 0.252 e. The van der Waals surface area contributed by atoms with Crippen molar-refractivity contribution in [1.82, 2.24) is 20.1 Å². The summed E-state index contributed by atoms with van der Waals surface area (Å²) in [5, 5.41) is 11.7. The standard InChI is InChI=1S/C20H15FN4OS/c21-14-8-10-15(11-9-14)25-18(23-24-20(25)27)12-22-19(26)17-7-3-5-13-4-1-2-6-16(13)17/h1-11H,12H2,(H,22,26)(H,24,27). The number of nitrogens with zero attached hydrogens (tertiary/aromatic N) is 2. The first-order chi connectivity index (χ1) is 13.1. The van der Waals surface area contributed by atoms with Gasteiger partial charge < -0.3 is 5.32 Å². The predicted octanol–water partition coefficient (Wildman–Crippen LogP) is 4.15. The van der Waals surface area contributed by atoms with Crippen LogP contribution < -0.4 is 5.32 Å². The van der Waals surface area contributed by atoms with Gasteiger partial charge in [-0.25, -0.2) is 4.39 Å². The van der Waals surface area contributed by atoms with Gasteiger partial charge in [-0.3, -0.25) is 14.5 Å². The van der Waals surface area contributed by atoms with Crippen LogP contribution in [0.1, 0.15) is 16.2 Å². The van der Waals surface area contributed by atoms with E-state index in [-0.39, 0.29) is 18.3 Å². The summed E-state index contributed by atoms with van der Waals surface area (Å²) in [5.41, 5.74) is 1.26. The number of carbonyl (C=O) groups excluding carboxylic acids is 1. The van der Waals surface area contributed by atoms with Crippen LogP contribution in [0.25, 0.3) is 16.5 Å². The zero-order valence-corrected chi connectivity index (χ0v) is 15.0. The van der Waals surface area contributed by atoms with E-state index in [4.69, 9.17) is 12.2 Å². The SMILES string of the molecule is O=C(NCc1n[nH]c(=S)n1-c1ccc(F)cc1)c1cccc2ccccc12. The first-order valence-corrected chi connectivity index (χ1v) is 8.72. The first-order valence-electron chi connectivity index (χ1n) is 8.32. The monoisotopic (exact) mass is 378 g/mol. The molecule has 0 aliphatic heterocycles. The van der Waals surface area contributed by atoms with Gasteiger partial charge in [-0.1, -0.05) is 36.4 Å². The van der Waals surface area contributed by atoms with Crippen LogP contribution in [0.3, 0.4) is 0 Å². The Hall–Kier alpha value is -3.32. The van der Waals surface area contributed by atoms with Gasteiger partial charge in [0.25, 0.3) is 5.91 Å². The van der Waals surface area contributed by atoms with E-state index in [9.17, 15) is 9.18 Å². The van der Waals surface area contributed by atoms with Gasteiger partial charge in [0.15, 0.2) is 10.6 Å². The Kier molecular flexibility index (Phi) is 4.52. The number of amides is 1. The highest BCUT2D eigenvalue weighted by atomic mass is 32.1. The zero-order valence-electron chi connectivity index (χ0n) is 14.1. The van der Waals surface area contributed by atoms with Crippen molar-refractivity contribution in [3.63, 3.8) is 0 Å². The second-order valence-corrected chi connectivity index (χ2v) is 6.35.